The van der Waals surface area contributed by atoms with Gasteiger partial charge in [-0.15, -0.1) is 0 Å². The normalized spacial score (nSPS) is 15.0. The van der Waals surface area contributed by atoms with Crippen LogP contribution in [0, 0.1) is 0 Å². The van der Waals surface area contributed by atoms with Crippen LogP contribution in [0.2, 0.25) is 0 Å². The van der Waals surface area contributed by atoms with E-state index >= 15 is 0 Å². The number of hydrogen-bond acceptors (Lipinski definition) is 6. The number of benzene rings is 2. The average molecular weight is 476 g/mol. The van der Waals surface area contributed by atoms with Crippen LogP contribution in [-0.2, 0) is 16.4 Å². The summed E-state index contributed by atoms with van der Waals surface area (Å²) in [6.07, 6.45) is 0.931. The van der Waals surface area contributed by atoms with Gasteiger partial charge in [-0.05, 0) is 56.2 Å². The Bertz CT molecular complexity index is 1050. The highest BCUT2D eigenvalue weighted by atomic mass is 32.2. The van der Waals surface area contributed by atoms with Crippen molar-refractivity contribution in [2.45, 2.75) is 31.2 Å². The van der Waals surface area contributed by atoms with E-state index in [1.165, 1.54) is 24.8 Å². The molecule has 1 saturated heterocycles. The standard InChI is InChI=1S/C24H33N3O5S/c1-18(2)25-33(29,30)23-17-20(7-10-22(23)32-4)24(28)27-15-13-26(14-16-27)12-11-19-5-8-21(31-3)9-6-19/h5-10,17-18,25H,11-16H2,1-4H3. The van der Waals surface area contributed by atoms with Crippen molar-refractivity contribution in [3.05, 3.63) is 53.6 Å². The maximum absolute atomic E-state index is 13.1. The fraction of sp³-hybridized carbons (Fsp3) is 0.458. The topological polar surface area (TPSA) is 88.2 Å². The Morgan fingerprint density at radius 3 is 2.24 bits per heavy atom. The third-order valence-electron chi connectivity index (χ3n) is 5.63. The number of amides is 1. The first-order valence-electron chi connectivity index (χ1n) is 11.1. The molecule has 9 heteroatoms. The van der Waals surface area contributed by atoms with E-state index in [0.717, 1.165) is 31.8 Å². The van der Waals surface area contributed by atoms with Crippen LogP contribution in [-0.4, -0.2) is 77.1 Å². The molecule has 0 aromatic heterocycles. The molecule has 1 amide bonds. The predicted molar refractivity (Wildman–Crippen MR) is 127 cm³/mol. The number of methoxy groups -OCH3 is 2. The van der Waals surface area contributed by atoms with Gasteiger partial charge in [-0.25, -0.2) is 13.1 Å². The largest absolute Gasteiger partial charge is 0.497 e. The van der Waals surface area contributed by atoms with Crippen LogP contribution >= 0.6 is 0 Å². The Morgan fingerprint density at radius 2 is 1.67 bits per heavy atom. The first-order chi connectivity index (χ1) is 15.7. The molecule has 0 bridgehead atoms. The van der Waals surface area contributed by atoms with E-state index in [2.05, 4.69) is 21.8 Å². The number of hydrogen-bond donors (Lipinski definition) is 1. The van der Waals surface area contributed by atoms with Gasteiger partial charge in [0.2, 0.25) is 10.0 Å². The number of nitrogens with zero attached hydrogens (tertiary/aromatic N) is 2. The number of carbonyl (C=O) groups is 1. The van der Waals surface area contributed by atoms with Gasteiger partial charge in [0.05, 0.1) is 14.2 Å². The smallest absolute Gasteiger partial charge is 0.253 e. The molecule has 0 spiro atoms. The average Bonchev–Trinajstić information content (AvgIpc) is 2.81. The Balaban J connectivity index is 1.61. The summed E-state index contributed by atoms with van der Waals surface area (Å²) in [7, 11) is -0.728. The lowest BCUT2D eigenvalue weighted by Crippen LogP contribution is -2.49. The lowest BCUT2D eigenvalue weighted by Gasteiger charge is -2.35. The maximum atomic E-state index is 13.1. The summed E-state index contributed by atoms with van der Waals surface area (Å²) in [5.74, 6) is 0.886. The molecule has 0 aliphatic carbocycles. The van der Waals surface area contributed by atoms with Crippen molar-refractivity contribution in [2.24, 2.45) is 0 Å². The Kier molecular flexibility index (Phi) is 8.34. The molecule has 33 heavy (non-hydrogen) atoms. The number of nitrogens with one attached hydrogen (secondary N) is 1. The van der Waals surface area contributed by atoms with Crippen LogP contribution in [0.3, 0.4) is 0 Å². The van der Waals surface area contributed by atoms with E-state index in [-0.39, 0.29) is 22.6 Å². The molecular formula is C24H33N3O5S. The van der Waals surface area contributed by atoms with Gasteiger partial charge in [0.1, 0.15) is 16.4 Å². The highest BCUT2D eigenvalue weighted by Crippen LogP contribution is 2.26. The molecule has 1 aliphatic heterocycles. The first kappa shape index (κ1) is 25.0. The van der Waals surface area contributed by atoms with E-state index in [0.29, 0.717) is 18.7 Å². The fourth-order valence-corrected chi connectivity index (χ4v) is 5.28. The molecule has 0 atom stereocenters. The van der Waals surface area contributed by atoms with E-state index in [9.17, 15) is 13.2 Å². The van der Waals surface area contributed by atoms with Crippen molar-refractivity contribution in [1.82, 2.24) is 14.5 Å². The molecule has 1 heterocycles. The minimum absolute atomic E-state index is 0.0253. The molecule has 3 rings (SSSR count). The molecule has 8 nitrogen and oxygen atoms in total. The lowest BCUT2D eigenvalue weighted by atomic mass is 10.1. The van der Waals surface area contributed by atoms with E-state index in [1.807, 2.05) is 12.1 Å². The van der Waals surface area contributed by atoms with Gasteiger partial charge < -0.3 is 14.4 Å². The number of rotatable bonds is 9. The molecule has 1 fully saturated rings. The zero-order chi connectivity index (χ0) is 24.0. The molecule has 1 N–H and O–H groups in total. The quantitative estimate of drug-likeness (QED) is 0.599. The molecule has 2 aromatic carbocycles. The Morgan fingerprint density at radius 1 is 1.00 bits per heavy atom. The summed E-state index contributed by atoms with van der Waals surface area (Å²) in [5.41, 5.74) is 1.59. The second-order valence-electron chi connectivity index (χ2n) is 8.37. The first-order valence-corrected chi connectivity index (χ1v) is 12.6. The van der Waals surface area contributed by atoms with Gasteiger partial charge >= 0.3 is 0 Å². The summed E-state index contributed by atoms with van der Waals surface area (Å²) < 4.78 is 38.4. The molecule has 0 radical (unpaired) electrons. The number of carbonyl (C=O) groups excluding carboxylic acids is 1. The van der Waals surface area contributed by atoms with Gasteiger partial charge in [0.15, 0.2) is 0 Å². The highest BCUT2D eigenvalue weighted by molar-refractivity contribution is 7.89. The van der Waals surface area contributed by atoms with Crippen molar-refractivity contribution in [1.29, 1.82) is 0 Å². The van der Waals surface area contributed by atoms with Crippen LogP contribution in [0.25, 0.3) is 0 Å². The van der Waals surface area contributed by atoms with Gasteiger partial charge in [-0.3, -0.25) is 9.69 Å². The van der Waals surface area contributed by atoms with Gasteiger partial charge in [0, 0.05) is 44.3 Å². The predicted octanol–water partition coefficient (Wildman–Crippen LogP) is 2.39. The summed E-state index contributed by atoms with van der Waals surface area (Å²) in [6, 6.07) is 12.4. The van der Waals surface area contributed by atoms with Gasteiger partial charge in [0.25, 0.3) is 5.91 Å². The fourth-order valence-electron chi connectivity index (χ4n) is 3.83. The minimum Gasteiger partial charge on any atom is -0.497 e. The highest BCUT2D eigenvalue weighted by Gasteiger charge is 2.26. The molecular weight excluding hydrogens is 442 g/mol. The van der Waals surface area contributed by atoms with Crippen LogP contribution in [0.15, 0.2) is 47.4 Å². The van der Waals surface area contributed by atoms with Crippen molar-refractivity contribution in [2.75, 3.05) is 46.9 Å². The van der Waals surface area contributed by atoms with Crippen molar-refractivity contribution < 1.29 is 22.7 Å². The summed E-state index contributed by atoms with van der Waals surface area (Å²) >= 11 is 0. The number of ether oxygens (including phenoxy) is 2. The number of sulfonamides is 1. The second-order valence-corrected chi connectivity index (χ2v) is 10.1. The second kappa shape index (κ2) is 11.0. The molecule has 0 saturated carbocycles. The van der Waals surface area contributed by atoms with Gasteiger partial charge in [-0.1, -0.05) is 12.1 Å². The van der Waals surface area contributed by atoms with Crippen molar-refractivity contribution in [3.8, 4) is 11.5 Å². The Hall–Kier alpha value is -2.62. The summed E-state index contributed by atoms with van der Waals surface area (Å²) in [6.45, 7) is 7.15. The maximum Gasteiger partial charge on any atom is 0.253 e. The zero-order valence-corrected chi connectivity index (χ0v) is 20.5. The van der Waals surface area contributed by atoms with Crippen LogP contribution in [0.1, 0.15) is 29.8 Å². The molecule has 0 unspecified atom stereocenters. The van der Waals surface area contributed by atoms with Crippen LogP contribution in [0.4, 0.5) is 0 Å². The van der Waals surface area contributed by atoms with E-state index < -0.39 is 10.0 Å². The van der Waals surface area contributed by atoms with Crippen LogP contribution in [0.5, 0.6) is 11.5 Å². The number of piperazine rings is 1. The van der Waals surface area contributed by atoms with Crippen LogP contribution < -0.4 is 14.2 Å². The summed E-state index contributed by atoms with van der Waals surface area (Å²) in [4.78, 5) is 17.2. The third-order valence-corrected chi connectivity index (χ3v) is 7.31. The van der Waals surface area contributed by atoms with Crippen molar-refractivity contribution >= 4 is 15.9 Å². The monoisotopic (exact) mass is 475 g/mol. The lowest BCUT2D eigenvalue weighted by molar-refractivity contribution is 0.0638. The zero-order valence-electron chi connectivity index (χ0n) is 19.7. The molecule has 1 aliphatic rings. The minimum atomic E-state index is -3.80. The van der Waals surface area contributed by atoms with Gasteiger partial charge in [-0.2, -0.15) is 0 Å². The van der Waals surface area contributed by atoms with E-state index in [4.69, 9.17) is 9.47 Å². The van der Waals surface area contributed by atoms with E-state index in [1.54, 1.807) is 31.9 Å². The Labute approximate surface area is 196 Å². The molecule has 2 aromatic rings. The SMILES string of the molecule is COc1ccc(CCN2CCN(C(=O)c3ccc(OC)c(S(=O)(=O)NC(C)C)c3)CC2)cc1. The van der Waals surface area contributed by atoms with Crippen molar-refractivity contribution in [3.63, 3.8) is 0 Å². The third kappa shape index (κ3) is 6.46. The molecule has 180 valence electrons. The summed E-state index contributed by atoms with van der Waals surface area (Å²) in [5, 5.41) is 0.